The number of amides is 1. The van der Waals surface area contributed by atoms with E-state index in [0.717, 1.165) is 10.0 Å². The summed E-state index contributed by atoms with van der Waals surface area (Å²) in [6.07, 6.45) is 0. The highest BCUT2D eigenvalue weighted by atomic mass is 79.9. The number of carbonyl (C=O) groups is 1. The van der Waals surface area contributed by atoms with Crippen molar-refractivity contribution in [3.63, 3.8) is 0 Å². The van der Waals surface area contributed by atoms with Gasteiger partial charge in [0.2, 0.25) is 0 Å². The van der Waals surface area contributed by atoms with Crippen LogP contribution in [0.2, 0.25) is 0 Å². The van der Waals surface area contributed by atoms with Crippen LogP contribution >= 0.6 is 15.9 Å². The Balaban J connectivity index is 2.44. The Kier molecular flexibility index (Phi) is 4.21. The average Bonchev–Trinajstić information content (AvgIpc) is 2.48. The van der Waals surface area contributed by atoms with Crippen molar-refractivity contribution in [2.75, 3.05) is 11.9 Å². The molecule has 0 saturated heterocycles. The average molecular weight is 329 g/mol. The van der Waals surface area contributed by atoms with Crippen molar-refractivity contribution < 1.29 is 4.79 Å². The molecule has 4 heteroatoms. The number of rotatable bonds is 2. The van der Waals surface area contributed by atoms with Crippen molar-refractivity contribution >= 4 is 27.5 Å². The lowest BCUT2D eigenvalue weighted by Crippen LogP contribution is -2.27. The predicted octanol–water partition coefficient (Wildman–Crippen LogP) is 3.91. The van der Waals surface area contributed by atoms with Gasteiger partial charge in [0.25, 0.3) is 5.91 Å². The highest BCUT2D eigenvalue weighted by Gasteiger charge is 2.18. The molecule has 0 unspecified atom stereocenters. The molecule has 0 heterocycles. The van der Waals surface area contributed by atoms with Gasteiger partial charge in [0.15, 0.2) is 0 Å². The summed E-state index contributed by atoms with van der Waals surface area (Å²) in [5.41, 5.74) is 2.67. The number of nitriles is 1. The summed E-state index contributed by atoms with van der Waals surface area (Å²) in [6, 6.07) is 14.7. The fraction of sp³-hybridized carbons (Fsp3) is 0.125. The largest absolute Gasteiger partial charge is 0.310 e. The van der Waals surface area contributed by atoms with E-state index in [-0.39, 0.29) is 5.91 Å². The Bertz CT molecular complexity index is 704. The first-order valence-corrected chi connectivity index (χ1v) is 6.88. The molecule has 1 amide bonds. The van der Waals surface area contributed by atoms with Crippen LogP contribution in [0.4, 0.5) is 5.69 Å². The van der Waals surface area contributed by atoms with E-state index in [2.05, 4.69) is 22.0 Å². The molecule has 0 radical (unpaired) electrons. The second-order valence-corrected chi connectivity index (χ2v) is 5.22. The lowest BCUT2D eigenvalue weighted by Gasteiger charge is -2.19. The predicted molar refractivity (Wildman–Crippen MR) is 82.8 cm³/mol. The second-order valence-electron chi connectivity index (χ2n) is 4.43. The van der Waals surface area contributed by atoms with Gasteiger partial charge in [0.05, 0.1) is 16.8 Å². The molecule has 0 saturated carbocycles. The zero-order valence-corrected chi connectivity index (χ0v) is 12.8. The number of benzene rings is 2. The Morgan fingerprint density at radius 3 is 2.60 bits per heavy atom. The molecule has 0 fully saturated rings. The SMILES string of the molecule is Cc1cccc(C(=O)N(C)c2ccccc2C#N)c1Br. The van der Waals surface area contributed by atoms with Gasteiger partial charge in [-0.2, -0.15) is 5.26 Å². The van der Waals surface area contributed by atoms with Crippen molar-refractivity contribution in [1.82, 2.24) is 0 Å². The van der Waals surface area contributed by atoms with Gasteiger partial charge in [-0.25, -0.2) is 0 Å². The molecule has 3 nitrogen and oxygen atoms in total. The summed E-state index contributed by atoms with van der Waals surface area (Å²) in [7, 11) is 1.67. The van der Waals surface area contributed by atoms with Gasteiger partial charge >= 0.3 is 0 Å². The molecule has 100 valence electrons. The summed E-state index contributed by atoms with van der Waals surface area (Å²) >= 11 is 3.44. The Morgan fingerprint density at radius 2 is 1.90 bits per heavy atom. The Hall–Kier alpha value is -2.12. The van der Waals surface area contributed by atoms with Crippen LogP contribution in [0.1, 0.15) is 21.5 Å². The number of anilines is 1. The van der Waals surface area contributed by atoms with Crippen LogP contribution in [0.25, 0.3) is 0 Å². The maximum atomic E-state index is 12.6. The zero-order valence-electron chi connectivity index (χ0n) is 11.2. The summed E-state index contributed by atoms with van der Waals surface area (Å²) in [6.45, 7) is 1.93. The van der Waals surface area contributed by atoms with Gasteiger partial charge < -0.3 is 4.90 Å². The topological polar surface area (TPSA) is 44.1 Å². The van der Waals surface area contributed by atoms with Gasteiger partial charge in [-0.3, -0.25) is 4.79 Å². The smallest absolute Gasteiger partial charge is 0.259 e. The van der Waals surface area contributed by atoms with Crippen molar-refractivity contribution in [3.05, 3.63) is 63.6 Å². The highest BCUT2D eigenvalue weighted by Crippen LogP contribution is 2.25. The van der Waals surface area contributed by atoms with Gasteiger partial charge in [0, 0.05) is 11.5 Å². The molecule has 2 rings (SSSR count). The monoisotopic (exact) mass is 328 g/mol. The minimum atomic E-state index is -0.150. The molecule has 0 bridgehead atoms. The molecule has 0 aliphatic carbocycles. The van der Waals surface area contributed by atoms with Gasteiger partial charge in [-0.1, -0.05) is 24.3 Å². The zero-order chi connectivity index (χ0) is 14.7. The highest BCUT2D eigenvalue weighted by molar-refractivity contribution is 9.10. The third kappa shape index (κ3) is 2.59. The molecule has 0 aliphatic heterocycles. The third-order valence-electron chi connectivity index (χ3n) is 3.11. The normalized spacial score (nSPS) is 9.90. The number of nitrogens with zero attached hydrogens (tertiary/aromatic N) is 2. The fourth-order valence-corrected chi connectivity index (χ4v) is 2.40. The Labute approximate surface area is 126 Å². The quantitative estimate of drug-likeness (QED) is 0.838. The van der Waals surface area contributed by atoms with Crippen LogP contribution in [0.3, 0.4) is 0 Å². The standard InChI is InChI=1S/C16H13BrN2O/c1-11-6-5-8-13(15(11)17)16(20)19(2)14-9-4-3-7-12(14)10-18/h3-9H,1-2H3. The van der Waals surface area contributed by atoms with Crippen LogP contribution in [-0.2, 0) is 0 Å². The van der Waals surface area contributed by atoms with E-state index in [0.29, 0.717) is 16.8 Å². The summed E-state index contributed by atoms with van der Waals surface area (Å²) in [5.74, 6) is -0.150. The van der Waals surface area contributed by atoms with Gasteiger partial charge in [0.1, 0.15) is 6.07 Å². The fourth-order valence-electron chi connectivity index (χ4n) is 1.96. The van der Waals surface area contributed by atoms with Crippen LogP contribution in [-0.4, -0.2) is 13.0 Å². The first kappa shape index (κ1) is 14.3. The Morgan fingerprint density at radius 1 is 1.20 bits per heavy atom. The van der Waals surface area contributed by atoms with Crippen LogP contribution in [0.15, 0.2) is 46.9 Å². The van der Waals surface area contributed by atoms with E-state index in [1.807, 2.05) is 25.1 Å². The number of aryl methyl sites for hydroxylation is 1. The molecule has 0 spiro atoms. The number of halogens is 1. The first-order chi connectivity index (χ1) is 9.56. The molecule has 0 aliphatic rings. The van der Waals surface area contributed by atoms with Crippen LogP contribution < -0.4 is 4.90 Å². The summed E-state index contributed by atoms with van der Waals surface area (Å²) < 4.78 is 0.784. The van der Waals surface area contributed by atoms with Crippen LogP contribution in [0.5, 0.6) is 0 Å². The third-order valence-corrected chi connectivity index (χ3v) is 4.17. The van der Waals surface area contributed by atoms with E-state index in [1.54, 1.807) is 31.3 Å². The maximum Gasteiger partial charge on any atom is 0.259 e. The minimum absolute atomic E-state index is 0.150. The van der Waals surface area contributed by atoms with Crippen molar-refractivity contribution in [3.8, 4) is 6.07 Å². The lowest BCUT2D eigenvalue weighted by atomic mass is 10.1. The molecule has 2 aromatic rings. The lowest BCUT2D eigenvalue weighted by molar-refractivity contribution is 0.0992. The van der Waals surface area contributed by atoms with E-state index >= 15 is 0 Å². The van der Waals surface area contributed by atoms with Crippen molar-refractivity contribution in [2.45, 2.75) is 6.92 Å². The maximum absolute atomic E-state index is 12.6. The van der Waals surface area contributed by atoms with Gasteiger partial charge in [-0.05, 0) is 46.6 Å². The molecule has 0 atom stereocenters. The van der Waals surface area contributed by atoms with Gasteiger partial charge in [-0.15, -0.1) is 0 Å². The van der Waals surface area contributed by atoms with E-state index in [9.17, 15) is 4.79 Å². The van der Waals surface area contributed by atoms with Crippen molar-refractivity contribution in [1.29, 1.82) is 5.26 Å². The number of carbonyl (C=O) groups excluding carboxylic acids is 1. The molecular weight excluding hydrogens is 316 g/mol. The van der Waals surface area contributed by atoms with Crippen LogP contribution in [0, 0.1) is 18.3 Å². The van der Waals surface area contributed by atoms with E-state index < -0.39 is 0 Å². The molecular formula is C16H13BrN2O. The van der Waals surface area contributed by atoms with E-state index in [1.165, 1.54) is 4.90 Å². The van der Waals surface area contributed by atoms with Crippen molar-refractivity contribution in [2.24, 2.45) is 0 Å². The second kappa shape index (κ2) is 5.89. The summed E-state index contributed by atoms with van der Waals surface area (Å²) in [5, 5.41) is 9.12. The number of para-hydroxylation sites is 1. The minimum Gasteiger partial charge on any atom is -0.310 e. The number of hydrogen-bond acceptors (Lipinski definition) is 2. The number of hydrogen-bond donors (Lipinski definition) is 0. The first-order valence-electron chi connectivity index (χ1n) is 6.08. The molecule has 0 aromatic heterocycles. The molecule has 20 heavy (non-hydrogen) atoms. The molecule has 0 N–H and O–H groups in total. The molecule has 2 aromatic carbocycles. The summed E-state index contributed by atoms with van der Waals surface area (Å²) in [4.78, 5) is 14.1. The van der Waals surface area contributed by atoms with E-state index in [4.69, 9.17) is 5.26 Å².